The molecule has 5 heteroatoms. The van der Waals surface area contributed by atoms with E-state index in [1.807, 2.05) is 13.8 Å². The molecule has 1 heterocycles. The van der Waals surface area contributed by atoms with Gasteiger partial charge in [-0.1, -0.05) is 24.9 Å². The van der Waals surface area contributed by atoms with Gasteiger partial charge in [-0.2, -0.15) is 5.10 Å². The molecule has 0 aliphatic carbocycles. The fourth-order valence-corrected chi connectivity index (χ4v) is 1.98. The Bertz CT molecular complexity index is 362. The Morgan fingerprint density at radius 2 is 2.31 bits per heavy atom. The SMILES string of the molecule is CCCC(CN)C(=O)c1c(Cl)cnn1CC. The number of halogens is 1. The molecule has 1 aromatic rings. The van der Waals surface area contributed by atoms with Crippen LogP contribution in [0.2, 0.25) is 5.02 Å². The van der Waals surface area contributed by atoms with Gasteiger partial charge in [-0.25, -0.2) is 0 Å². The highest BCUT2D eigenvalue weighted by molar-refractivity contribution is 6.33. The monoisotopic (exact) mass is 243 g/mol. The van der Waals surface area contributed by atoms with Crippen LogP contribution in [-0.4, -0.2) is 22.1 Å². The van der Waals surface area contributed by atoms with Crippen LogP contribution in [0.1, 0.15) is 37.2 Å². The molecule has 0 saturated carbocycles. The lowest BCUT2D eigenvalue weighted by atomic mass is 9.96. The molecular formula is C11H18ClN3O. The molecule has 0 fully saturated rings. The maximum atomic E-state index is 12.2. The van der Waals surface area contributed by atoms with Crippen molar-refractivity contribution in [2.75, 3.05) is 6.54 Å². The third kappa shape index (κ3) is 2.62. The standard InChI is InChI=1S/C11H18ClN3O/c1-3-5-8(6-13)11(16)10-9(12)7-14-15(10)4-2/h7-8H,3-6,13H2,1-2H3. The van der Waals surface area contributed by atoms with Crippen molar-refractivity contribution in [3.8, 4) is 0 Å². The molecule has 0 aromatic carbocycles. The quantitative estimate of drug-likeness (QED) is 0.779. The Labute approximate surface area is 101 Å². The molecule has 0 saturated heterocycles. The van der Waals surface area contributed by atoms with Gasteiger partial charge in [0.25, 0.3) is 0 Å². The van der Waals surface area contributed by atoms with Gasteiger partial charge in [-0.05, 0) is 13.3 Å². The molecule has 0 aliphatic rings. The molecule has 1 unspecified atom stereocenters. The van der Waals surface area contributed by atoms with E-state index in [0.29, 0.717) is 23.8 Å². The average Bonchev–Trinajstić information content (AvgIpc) is 2.66. The molecule has 4 nitrogen and oxygen atoms in total. The van der Waals surface area contributed by atoms with Crippen molar-refractivity contribution in [2.24, 2.45) is 11.7 Å². The van der Waals surface area contributed by atoms with Gasteiger partial charge >= 0.3 is 0 Å². The first kappa shape index (κ1) is 13.2. The van der Waals surface area contributed by atoms with Crippen LogP contribution in [0, 0.1) is 5.92 Å². The summed E-state index contributed by atoms with van der Waals surface area (Å²) in [5.41, 5.74) is 6.11. The molecular weight excluding hydrogens is 226 g/mol. The van der Waals surface area contributed by atoms with Gasteiger partial charge in [0, 0.05) is 19.0 Å². The average molecular weight is 244 g/mol. The van der Waals surface area contributed by atoms with E-state index in [9.17, 15) is 4.79 Å². The number of carbonyl (C=O) groups excluding carboxylic acids is 1. The van der Waals surface area contributed by atoms with Gasteiger partial charge in [0.1, 0.15) is 5.69 Å². The summed E-state index contributed by atoms with van der Waals surface area (Å²) in [6, 6.07) is 0. The minimum absolute atomic E-state index is 0.00806. The molecule has 2 N–H and O–H groups in total. The smallest absolute Gasteiger partial charge is 0.186 e. The highest BCUT2D eigenvalue weighted by Gasteiger charge is 2.23. The summed E-state index contributed by atoms with van der Waals surface area (Å²) in [4.78, 5) is 12.2. The number of nitrogens with two attached hydrogens (primary N) is 1. The molecule has 0 aliphatic heterocycles. The maximum Gasteiger partial charge on any atom is 0.186 e. The van der Waals surface area contributed by atoms with E-state index in [0.717, 1.165) is 12.8 Å². The van der Waals surface area contributed by atoms with Crippen LogP contribution in [0.5, 0.6) is 0 Å². The van der Waals surface area contributed by atoms with Crippen molar-refractivity contribution >= 4 is 17.4 Å². The van der Waals surface area contributed by atoms with Crippen LogP contribution in [0.3, 0.4) is 0 Å². The highest BCUT2D eigenvalue weighted by atomic mass is 35.5. The van der Waals surface area contributed by atoms with Gasteiger partial charge in [0.05, 0.1) is 11.2 Å². The Morgan fingerprint density at radius 1 is 1.62 bits per heavy atom. The summed E-state index contributed by atoms with van der Waals surface area (Å²) in [6.45, 7) is 4.96. The number of hydrogen-bond acceptors (Lipinski definition) is 3. The third-order valence-electron chi connectivity index (χ3n) is 2.62. The summed E-state index contributed by atoms with van der Waals surface area (Å²) >= 11 is 5.97. The number of aryl methyl sites for hydroxylation is 1. The maximum absolute atomic E-state index is 12.2. The first-order valence-corrected chi connectivity index (χ1v) is 5.99. The normalized spacial score (nSPS) is 12.8. The molecule has 16 heavy (non-hydrogen) atoms. The minimum Gasteiger partial charge on any atom is -0.330 e. The molecule has 1 atom stereocenters. The first-order chi connectivity index (χ1) is 7.65. The number of hydrogen-bond donors (Lipinski definition) is 1. The zero-order valence-electron chi connectivity index (χ0n) is 9.74. The zero-order chi connectivity index (χ0) is 12.1. The lowest BCUT2D eigenvalue weighted by molar-refractivity contribution is 0.0906. The van der Waals surface area contributed by atoms with E-state index in [-0.39, 0.29) is 11.7 Å². The number of rotatable bonds is 6. The van der Waals surface area contributed by atoms with E-state index in [4.69, 9.17) is 17.3 Å². The Balaban J connectivity index is 2.97. The van der Waals surface area contributed by atoms with Crippen molar-refractivity contribution in [1.29, 1.82) is 0 Å². The van der Waals surface area contributed by atoms with Gasteiger partial charge in [-0.15, -0.1) is 0 Å². The summed E-state index contributed by atoms with van der Waals surface area (Å²) < 4.78 is 1.63. The topological polar surface area (TPSA) is 60.9 Å². The Kier molecular flexibility index (Phi) is 4.96. The van der Waals surface area contributed by atoms with Gasteiger partial charge in [-0.3, -0.25) is 9.48 Å². The predicted octanol–water partition coefficient (Wildman–Crippen LogP) is 2.11. The van der Waals surface area contributed by atoms with Crippen LogP contribution in [0.25, 0.3) is 0 Å². The summed E-state index contributed by atoms with van der Waals surface area (Å²) in [5.74, 6) is -0.141. The lowest BCUT2D eigenvalue weighted by Crippen LogP contribution is -2.26. The van der Waals surface area contributed by atoms with Crippen molar-refractivity contribution in [2.45, 2.75) is 33.2 Å². The number of carbonyl (C=O) groups is 1. The largest absolute Gasteiger partial charge is 0.330 e. The number of nitrogens with zero attached hydrogens (tertiary/aromatic N) is 2. The fourth-order valence-electron chi connectivity index (χ4n) is 1.74. The second-order valence-corrected chi connectivity index (χ2v) is 4.15. The highest BCUT2D eigenvalue weighted by Crippen LogP contribution is 2.21. The second kappa shape index (κ2) is 6.01. The molecule has 90 valence electrons. The van der Waals surface area contributed by atoms with Crippen LogP contribution in [0.4, 0.5) is 0 Å². The van der Waals surface area contributed by atoms with Crippen molar-refractivity contribution in [3.05, 3.63) is 16.9 Å². The van der Waals surface area contributed by atoms with Crippen molar-refractivity contribution < 1.29 is 4.79 Å². The van der Waals surface area contributed by atoms with E-state index in [1.54, 1.807) is 4.68 Å². The van der Waals surface area contributed by atoms with Crippen LogP contribution in [0.15, 0.2) is 6.20 Å². The molecule has 0 radical (unpaired) electrons. The van der Waals surface area contributed by atoms with Gasteiger partial charge in [0.15, 0.2) is 5.78 Å². The first-order valence-electron chi connectivity index (χ1n) is 5.61. The summed E-state index contributed by atoms with van der Waals surface area (Å²) in [5, 5.41) is 4.47. The number of aromatic nitrogens is 2. The van der Waals surface area contributed by atoms with Crippen molar-refractivity contribution in [3.63, 3.8) is 0 Å². The van der Waals surface area contributed by atoms with E-state index < -0.39 is 0 Å². The van der Waals surface area contributed by atoms with Gasteiger partial charge < -0.3 is 5.73 Å². The fraction of sp³-hybridized carbons (Fsp3) is 0.636. The van der Waals surface area contributed by atoms with Crippen LogP contribution >= 0.6 is 11.6 Å². The summed E-state index contributed by atoms with van der Waals surface area (Å²) in [6.07, 6.45) is 3.24. The van der Waals surface area contributed by atoms with E-state index in [2.05, 4.69) is 5.10 Å². The van der Waals surface area contributed by atoms with Crippen molar-refractivity contribution in [1.82, 2.24) is 9.78 Å². The van der Waals surface area contributed by atoms with Gasteiger partial charge in [0.2, 0.25) is 0 Å². The predicted molar refractivity (Wildman–Crippen MR) is 64.7 cm³/mol. The second-order valence-electron chi connectivity index (χ2n) is 3.74. The molecule has 1 rings (SSSR count). The summed E-state index contributed by atoms with van der Waals surface area (Å²) in [7, 11) is 0. The third-order valence-corrected chi connectivity index (χ3v) is 2.90. The van der Waals surface area contributed by atoms with Crippen LogP contribution in [-0.2, 0) is 6.54 Å². The lowest BCUT2D eigenvalue weighted by Gasteiger charge is -2.13. The molecule has 0 bridgehead atoms. The minimum atomic E-state index is -0.149. The molecule has 1 aromatic heterocycles. The Morgan fingerprint density at radius 3 is 2.81 bits per heavy atom. The molecule has 0 amide bonds. The number of Topliss-reactive ketones (excluding diaryl/α,β-unsaturated/α-hetero) is 1. The zero-order valence-corrected chi connectivity index (χ0v) is 10.5. The molecule has 0 spiro atoms. The van der Waals surface area contributed by atoms with Crippen LogP contribution < -0.4 is 5.73 Å². The Hall–Kier alpha value is -0.870. The van der Waals surface area contributed by atoms with E-state index in [1.165, 1.54) is 6.20 Å². The number of ketones is 1. The van der Waals surface area contributed by atoms with E-state index >= 15 is 0 Å².